The Hall–Kier alpha value is -1.09. The van der Waals surface area contributed by atoms with Gasteiger partial charge >= 0.3 is 7.32 Å². The standard InChI is InChI=1S/C10H15BO6S/c1-8(2)7-16-18(14,15)10-5-3-9(4-6-10)17-11(12)13/h3-6,8,12-13H,7H2,1-2H3. The molecule has 8 heteroatoms. The van der Waals surface area contributed by atoms with Crippen LogP contribution in [0.15, 0.2) is 29.2 Å². The van der Waals surface area contributed by atoms with E-state index < -0.39 is 17.4 Å². The van der Waals surface area contributed by atoms with Gasteiger partial charge in [-0.2, -0.15) is 8.42 Å². The molecule has 0 aliphatic heterocycles. The van der Waals surface area contributed by atoms with Crippen molar-refractivity contribution in [3.8, 4) is 5.75 Å². The molecule has 1 rings (SSSR count). The Morgan fingerprint density at radius 2 is 1.78 bits per heavy atom. The third kappa shape index (κ3) is 4.65. The molecule has 100 valence electrons. The SMILES string of the molecule is CC(C)COS(=O)(=O)c1ccc(OB(O)O)cc1. The van der Waals surface area contributed by atoms with Crippen LogP contribution in [0.5, 0.6) is 5.75 Å². The number of hydrogen-bond acceptors (Lipinski definition) is 6. The maximum Gasteiger partial charge on any atom is 0.707 e. The van der Waals surface area contributed by atoms with Gasteiger partial charge in [0.05, 0.1) is 11.5 Å². The molecule has 0 fully saturated rings. The molecular weight excluding hydrogens is 259 g/mol. The summed E-state index contributed by atoms with van der Waals surface area (Å²) in [5.41, 5.74) is 0. The molecule has 1 aromatic carbocycles. The Balaban J connectivity index is 2.78. The van der Waals surface area contributed by atoms with Crippen LogP contribution in [-0.2, 0) is 14.3 Å². The monoisotopic (exact) mass is 274 g/mol. The minimum absolute atomic E-state index is 0.0112. The first kappa shape index (κ1) is 15.0. The van der Waals surface area contributed by atoms with Gasteiger partial charge in [-0.15, -0.1) is 0 Å². The molecule has 0 aromatic heterocycles. The number of rotatable bonds is 6. The van der Waals surface area contributed by atoms with E-state index >= 15 is 0 Å². The maximum atomic E-state index is 11.7. The predicted molar refractivity (Wildman–Crippen MR) is 65.2 cm³/mol. The van der Waals surface area contributed by atoms with E-state index in [1.54, 1.807) is 0 Å². The first-order valence-corrected chi connectivity index (χ1v) is 6.74. The number of benzene rings is 1. The summed E-state index contributed by atoms with van der Waals surface area (Å²) in [5, 5.41) is 17.1. The molecule has 0 spiro atoms. The maximum absolute atomic E-state index is 11.7. The molecule has 2 N–H and O–H groups in total. The van der Waals surface area contributed by atoms with Gasteiger partial charge in [0, 0.05) is 0 Å². The van der Waals surface area contributed by atoms with Gasteiger partial charge in [0.15, 0.2) is 0 Å². The highest BCUT2D eigenvalue weighted by molar-refractivity contribution is 7.86. The van der Waals surface area contributed by atoms with Crippen LogP contribution in [0.1, 0.15) is 13.8 Å². The highest BCUT2D eigenvalue weighted by atomic mass is 32.2. The third-order valence-electron chi connectivity index (χ3n) is 1.91. The minimum atomic E-state index is -3.78. The van der Waals surface area contributed by atoms with Crippen molar-refractivity contribution in [1.29, 1.82) is 0 Å². The predicted octanol–water partition coefficient (Wildman–Crippen LogP) is 0.396. The average Bonchev–Trinajstić information content (AvgIpc) is 2.26. The van der Waals surface area contributed by atoms with Gasteiger partial charge in [-0.05, 0) is 30.2 Å². The summed E-state index contributed by atoms with van der Waals surface area (Å²) < 4.78 is 32.8. The molecule has 0 aliphatic carbocycles. The van der Waals surface area contributed by atoms with E-state index in [2.05, 4.69) is 4.65 Å². The molecule has 0 saturated heterocycles. The van der Waals surface area contributed by atoms with E-state index in [1.165, 1.54) is 24.3 Å². The van der Waals surface area contributed by atoms with Crippen molar-refractivity contribution in [2.45, 2.75) is 18.7 Å². The molecule has 0 unspecified atom stereocenters. The van der Waals surface area contributed by atoms with E-state index in [4.69, 9.17) is 14.2 Å². The second-order valence-corrected chi connectivity index (χ2v) is 5.66. The number of hydrogen-bond donors (Lipinski definition) is 2. The summed E-state index contributed by atoms with van der Waals surface area (Å²) in [5.74, 6) is 0.250. The van der Waals surface area contributed by atoms with Crippen LogP contribution in [0.25, 0.3) is 0 Å². The first-order valence-electron chi connectivity index (χ1n) is 5.33. The van der Waals surface area contributed by atoms with E-state index in [0.29, 0.717) is 0 Å². The normalized spacial score (nSPS) is 11.6. The van der Waals surface area contributed by atoms with Crippen LogP contribution in [0.3, 0.4) is 0 Å². The zero-order valence-electron chi connectivity index (χ0n) is 10.1. The Morgan fingerprint density at radius 1 is 1.22 bits per heavy atom. The largest absolute Gasteiger partial charge is 0.707 e. The Bertz CT molecular complexity index is 468. The Kier molecular flexibility index (Phi) is 5.15. The zero-order chi connectivity index (χ0) is 13.8. The van der Waals surface area contributed by atoms with Crippen molar-refractivity contribution >= 4 is 17.4 Å². The second-order valence-electron chi connectivity index (χ2n) is 4.05. The summed E-state index contributed by atoms with van der Waals surface area (Å²) in [6, 6.07) is 5.16. The first-order chi connectivity index (χ1) is 8.31. The van der Waals surface area contributed by atoms with Gasteiger partial charge in [-0.1, -0.05) is 13.8 Å². The van der Waals surface area contributed by atoms with Crippen molar-refractivity contribution < 1.29 is 27.3 Å². The Morgan fingerprint density at radius 3 is 2.22 bits per heavy atom. The molecule has 0 aliphatic rings. The van der Waals surface area contributed by atoms with Crippen LogP contribution in [0.4, 0.5) is 0 Å². The molecule has 1 aromatic rings. The van der Waals surface area contributed by atoms with Crippen molar-refractivity contribution in [3.63, 3.8) is 0 Å². The molecule has 18 heavy (non-hydrogen) atoms. The van der Waals surface area contributed by atoms with Crippen LogP contribution >= 0.6 is 0 Å². The summed E-state index contributed by atoms with van der Waals surface area (Å²) in [6.07, 6.45) is 0. The van der Waals surface area contributed by atoms with Gasteiger partial charge in [0.1, 0.15) is 5.75 Å². The van der Waals surface area contributed by atoms with Gasteiger partial charge < -0.3 is 14.7 Å². The fraction of sp³-hybridized carbons (Fsp3) is 0.400. The smallest absolute Gasteiger partial charge is 0.512 e. The summed E-state index contributed by atoms with van der Waals surface area (Å²) in [4.78, 5) is -0.0112. The fourth-order valence-corrected chi connectivity index (χ4v) is 2.16. The lowest BCUT2D eigenvalue weighted by Gasteiger charge is -2.09. The summed E-state index contributed by atoms with van der Waals surface area (Å²) >= 11 is 0. The van der Waals surface area contributed by atoms with Gasteiger partial charge in [-0.3, -0.25) is 4.18 Å². The van der Waals surface area contributed by atoms with Crippen molar-refractivity contribution in [2.24, 2.45) is 5.92 Å². The van der Waals surface area contributed by atoms with E-state index in [-0.39, 0.29) is 23.2 Å². The van der Waals surface area contributed by atoms with E-state index in [9.17, 15) is 8.42 Å². The zero-order valence-corrected chi connectivity index (χ0v) is 10.9. The Labute approximate surface area is 106 Å². The molecule has 0 radical (unpaired) electrons. The third-order valence-corrected chi connectivity index (χ3v) is 3.21. The van der Waals surface area contributed by atoms with Crippen molar-refractivity contribution in [3.05, 3.63) is 24.3 Å². The highest BCUT2D eigenvalue weighted by Gasteiger charge is 2.17. The lowest BCUT2D eigenvalue weighted by molar-refractivity contribution is 0.275. The van der Waals surface area contributed by atoms with Gasteiger partial charge in [0.2, 0.25) is 0 Å². The van der Waals surface area contributed by atoms with Crippen LogP contribution in [0, 0.1) is 5.92 Å². The van der Waals surface area contributed by atoms with E-state index in [1.807, 2.05) is 13.8 Å². The second kappa shape index (κ2) is 6.19. The molecule has 0 saturated carbocycles. The van der Waals surface area contributed by atoms with Crippen molar-refractivity contribution in [1.82, 2.24) is 0 Å². The van der Waals surface area contributed by atoms with Crippen LogP contribution in [-0.4, -0.2) is 32.4 Å². The summed E-state index contributed by atoms with van der Waals surface area (Å²) in [6.45, 7) is 3.79. The molecular formula is C10H15BO6S. The van der Waals surface area contributed by atoms with Crippen molar-refractivity contribution in [2.75, 3.05) is 6.61 Å². The van der Waals surface area contributed by atoms with Gasteiger partial charge in [-0.25, -0.2) is 0 Å². The molecule has 6 nitrogen and oxygen atoms in total. The summed E-state index contributed by atoms with van der Waals surface area (Å²) in [7, 11) is -5.72. The minimum Gasteiger partial charge on any atom is -0.512 e. The molecule has 0 atom stereocenters. The van der Waals surface area contributed by atoms with Crippen LogP contribution in [0.2, 0.25) is 0 Å². The molecule has 0 heterocycles. The van der Waals surface area contributed by atoms with Crippen LogP contribution < -0.4 is 4.65 Å². The fourth-order valence-electron chi connectivity index (χ4n) is 1.10. The quantitative estimate of drug-likeness (QED) is 0.576. The van der Waals surface area contributed by atoms with Gasteiger partial charge in [0.25, 0.3) is 10.1 Å². The topological polar surface area (TPSA) is 93.1 Å². The highest BCUT2D eigenvalue weighted by Crippen LogP contribution is 2.18. The lowest BCUT2D eigenvalue weighted by Crippen LogP contribution is -2.20. The van der Waals surface area contributed by atoms with E-state index in [0.717, 1.165) is 0 Å². The average molecular weight is 274 g/mol. The molecule has 0 amide bonds. The lowest BCUT2D eigenvalue weighted by atomic mass is 10.2. The molecule has 0 bridgehead atoms.